The van der Waals surface area contributed by atoms with E-state index < -0.39 is 0 Å². The first-order valence-electron chi connectivity index (χ1n) is 9.26. The van der Waals surface area contributed by atoms with Crippen LogP contribution in [-0.4, -0.2) is 25.1 Å². The first-order chi connectivity index (χ1) is 13.1. The topological polar surface area (TPSA) is 63.3 Å². The second-order valence-electron chi connectivity index (χ2n) is 7.21. The minimum Gasteiger partial charge on any atom is -0.493 e. The molecule has 5 heteroatoms. The number of anilines is 1. The molecule has 2 N–H and O–H groups in total. The normalized spacial score (nSPS) is 16.0. The maximum atomic E-state index is 12.8. The number of rotatable bonds is 4. The zero-order chi connectivity index (χ0) is 19.0. The van der Waals surface area contributed by atoms with Gasteiger partial charge in [0.25, 0.3) is 5.91 Å². The Balaban J connectivity index is 1.62. The van der Waals surface area contributed by atoms with Crippen LogP contribution in [0.1, 0.15) is 35.0 Å². The largest absolute Gasteiger partial charge is 0.493 e. The van der Waals surface area contributed by atoms with Crippen LogP contribution in [0.15, 0.2) is 36.4 Å². The highest BCUT2D eigenvalue weighted by Crippen LogP contribution is 2.33. The quantitative estimate of drug-likeness (QED) is 0.713. The Bertz CT molecular complexity index is 1010. The van der Waals surface area contributed by atoms with E-state index in [9.17, 15) is 4.79 Å². The number of hydrogen-bond acceptors (Lipinski definition) is 3. The van der Waals surface area contributed by atoms with Crippen LogP contribution in [0.25, 0.3) is 10.9 Å². The van der Waals surface area contributed by atoms with Gasteiger partial charge < -0.3 is 19.8 Å². The number of aromatic nitrogens is 1. The van der Waals surface area contributed by atoms with Gasteiger partial charge in [-0.2, -0.15) is 0 Å². The van der Waals surface area contributed by atoms with Gasteiger partial charge in [0.15, 0.2) is 11.5 Å². The number of H-pyrrole nitrogens is 1. The summed E-state index contributed by atoms with van der Waals surface area (Å²) in [6.07, 6.45) is 3.36. The third-order valence-corrected chi connectivity index (χ3v) is 5.34. The molecule has 1 atom stereocenters. The third-order valence-electron chi connectivity index (χ3n) is 5.34. The Hall–Kier alpha value is -2.95. The minimum absolute atomic E-state index is 0.136. The smallest absolute Gasteiger partial charge is 0.255 e. The van der Waals surface area contributed by atoms with Crippen molar-refractivity contribution in [3.8, 4) is 11.5 Å². The van der Waals surface area contributed by atoms with Gasteiger partial charge in [-0.15, -0.1) is 0 Å². The van der Waals surface area contributed by atoms with Crippen LogP contribution in [0.4, 0.5) is 5.69 Å². The van der Waals surface area contributed by atoms with E-state index in [4.69, 9.17) is 9.47 Å². The molecule has 2 aromatic carbocycles. The van der Waals surface area contributed by atoms with Crippen molar-refractivity contribution in [1.29, 1.82) is 0 Å². The van der Waals surface area contributed by atoms with Gasteiger partial charge >= 0.3 is 0 Å². The zero-order valence-corrected chi connectivity index (χ0v) is 15.9. The highest BCUT2D eigenvalue weighted by molar-refractivity contribution is 6.06. The van der Waals surface area contributed by atoms with Gasteiger partial charge in [0.05, 0.1) is 14.2 Å². The molecule has 0 bridgehead atoms. The Morgan fingerprint density at radius 3 is 2.70 bits per heavy atom. The first kappa shape index (κ1) is 17.5. The molecule has 0 saturated heterocycles. The molecule has 5 nitrogen and oxygen atoms in total. The SMILES string of the molecule is COc1ccc(NC(=O)c2ccc3[nH]c4c(c3c2)C[C@H](C)CC4)cc1OC. The number of benzene rings is 2. The molecule has 1 amide bonds. The van der Waals surface area contributed by atoms with Crippen molar-refractivity contribution in [3.05, 3.63) is 53.2 Å². The summed E-state index contributed by atoms with van der Waals surface area (Å²) in [6, 6.07) is 11.2. The lowest BCUT2D eigenvalue weighted by Crippen LogP contribution is -2.12. The van der Waals surface area contributed by atoms with E-state index in [1.165, 1.54) is 17.7 Å². The zero-order valence-electron chi connectivity index (χ0n) is 15.9. The number of aromatic amines is 1. The number of fused-ring (bicyclic) bond motifs is 3. The van der Waals surface area contributed by atoms with Crippen molar-refractivity contribution in [3.63, 3.8) is 0 Å². The Morgan fingerprint density at radius 2 is 1.93 bits per heavy atom. The molecule has 4 rings (SSSR count). The molecule has 140 valence electrons. The molecular weight excluding hydrogens is 340 g/mol. The monoisotopic (exact) mass is 364 g/mol. The number of nitrogens with one attached hydrogen (secondary N) is 2. The maximum Gasteiger partial charge on any atom is 0.255 e. The number of carbonyl (C=O) groups is 1. The lowest BCUT2D eigenvalue weighted by molar-refractivity contribution is 0.102. The number of hydrogen-bond donors (Lipinski definition) is 2. The predicted molar refractivity (Wildman–Crippen MR) is 107 cm³/mol. The van der Waals surface area contributed by atoms with Gasteiger partial charge in [-0.1, -0.05) is 6.92 Å². The average Bonchev–Trinajstić information content (AvgIpc) is 3.04. The lowest BCUT2D eigenvalue weighted by atomic mass is 9.87. The second kappa shape index (κ2) is 6.99. The summed E-state index contributed by atoms with van der Waals surface area (Å²) in [5.41, 5.74) is 5.11. The maximum absolute atomic E-state index is 12.8. The fourth-order valence-corrected chi connectivity index (χ4v) is 3.85. The van der Waals surface area contributed by atoms with Crippen LogP contribution in [0.5, 0.6) is 11.5 Å². The van der Waals surface area contributed by atoms with Crippen LogP contribution >= 0.6 is 0 Å². The number of methoxy groups -OCH3 is 2. The standard InChI is InChI=1S/C22H24N2O3/c1-13-4-7-18-16(10-13)17-11-14(5-8-19(17)24-18)22(25)23-15-6-9-20(26-2)21(12-15)27-3/h5-6,8-9,11-13,24H,4,7,10H2,1-3H3,(H,23,25)/t13-/m1/s1. The molecule has 3 aromatic rings. The number of aryl methyl sites for hydroxylation is 1. The molecule has 0 fully saturated rings. The van der Waals surface area contributed by atoms with Crippen molar-refractivity contribution < 1.29 is 14.3 Å². The van der Waals surface area contributed by atoms with Crippen LogP contribution < -0.4 is 14.8 Å². The highest BCUT2D eigenvalue weighted by Gasteiger charge is 2.20. The summed E-state index contributed by atoms with van der Waals surface area (Å²) in [7, 11) is 3.16. The number of amides is 1. The molecule has 0 spiro atoms. The molecule has 1 aliphatic carbocycles. The van der Waals surface area contributed by atoms with Gasteiger partial charge in [0, 0.05) is 33.9 Å². The van der Waals surface area contributed by atoms with Gasteiger partial charge in [-0.25, -0.2) is 0 Å². The lowest BCUT2D eigenvalue weighted by Gasteiger charge is -2.18. The summed E-state index contributed by atoms with van der Waals surface area (Å²) < 4.78 is 10.5. The Labute approximate surface area is 158 Å². The number of ether oxygens (including phenoxy) is 2. The molecule has 0 unspecified atom stereocenters. The van der Waals surface area contributed by atoms with Crippen molar-refractivity contribution in [1.82, 2.24) is 4.98 Å². The van der Waals surface area contributed by atoms with Gasteiger partial charge in [-0.3, -0.25) is 4.79 Å². The van der Waals surface area contributed by atoms with E-state index in [1.807, 2.05) is 18.2 Å². The number of carbonyl (C=O) groups excluding carboxylic acids is 1. The molecule has 1 aliphatic rings. The molecule has 0 radical (unpaired) electrons. The van der Waals surface area contributed by atoms with Gasteiger partial charge in [0.2, 0.25) is 0 Å². The van der Waals surface area contributed by atoms with E-state index in [0.29, 0.717) is 28.7 Å². The van der Waals surface area contributed by atoms with Crippen LogP contribution in [0.3, 0.4) is 0 Å². The van der Waals surface area contributed by atoms with E-state index in [-0.39, 0.29) is 5.91 Å². The first-order valence-corrected chi connectivity index (χ1v) is 9.26. The summed E-state index contributed by atoms with van der Waals surface area (Å²) in [5, 5.41) is 4.11. The van der Waals surface area contributed by atoms with Crippen molar-refractivity contribution in [2.75, 3.05) is 19.5 Å². The molecule has 1 heterocycles. The third kappa shape index (κ3) is 3.25. The Morgan fingerprint density at radius 1 is 1.11 bits per heavy atom. The van der Waals surface area contributed by atoms with E-state index in [0.717, 1.165) is 23.7 Å². The molecule has 0 saturated carbocycles. The highest BCUT2D eigenvalue weighted by atomic mass is 16.5. The van der Waals surface area contributed by atoms with E-state index in [2.05, 4.69) is 17.2 Å². The summed E-state index contributed by atoms with van der Waals surface area (Å²) in [4.78, 5) is 16.3. The predicted octanol–water partition coefficient (Wildman–Crippen LogP) is 4.56. The fourth-order valence-electron chi connectivity index (χ4n) is 3.85. The van der Waals surface area contributed by atoms with Crippen molar-refractivity contribution in [2.45, 2.75) is 26.2 Å². The summed E-state index contributed by atoms with van der Waals surface area (Å²) >= 11 is 0. The van der Waals surface area contributed by atoms with E-state index in [1.54, 1.807) is 32.4 Å². The van der Waals surface area contributed by atoms with Crippen LogP contribution in [0, 0.1) is 5.92 Å². The average molecular weight is 364 g/mol. The fraction of sp³-hybridized carbons (Fsp3) is 0.318. The second-order valence-corrected chi connectivity index (χ2v) is 7.21. The molecule has 1 aromatic heterocycles. The van der Waals surface area contributed by atoms with Gasteiger partial charge in [0.1, 0.15) is 0 Å². The molecular formula is C22H24N2O3. The summed E-state index contributed by atoms with van der Waals surface area (Å²) in [6.45, 7) is 2.29. The Kier molecular flexibility index (Phi) is 4.52. The van der Waals surface area contributed by atoms with Crippen LogP contribution in [0.2, 0.25) is 0 Å². The van der Waals surface area contributed by atoms with Gasteiger partial charge in [-0.05, 0) is 61.1 Å². The van der Waals surface area contributed by atoms with Crippen molar-refractivity contribution >= 4 is 22.5 Å². The minimum atomic E-state index is -0.136. The molecule has 0 aliphatic heterocycles. The molecule has 27 heavy (non-hydrogen) atoms. The van der Waals surface area contributed by atoms with E-state index >= 15 is 0 Å². The summed E-state index contributed by atoms with van der Waals surface area (Å²) in [5.74, 6) is 1.76. The van der Waals surface area contributed by atoms with Crippen LogP contribution in [-0.2, 0) is 12.8 Å². The van der Waals surface area contributed by atoms with Crippen molar-refractivity contribution in [2.24, 2.45) is 5.92 Å².